The van der Waals surface area contributed by atoms with E-state index in [1.165, 1.54) is 109 Å². The second kappa shape index (κ2) is 20.2. The van der Waals surface area contributed by atoms with Crippen LogP contribution in [0.4, 0.5) is 0 Å². The molecule has 2 nitrogen and oxygen atoms in total. The highest BCUT2D eigenvalue weighted by Gasteiger charge is 2.41. The molecule has 15 rings (SSSR count). The minimum atomic E-state index is -2.73. The van der Waals surface area contributed by atoms with Gasteiger partial charge in [-0.15, -0.1) is 0 Å². The van der Waals surface area contributed by atoms with E-state index in [9.17, 15) is 0 Å². The Kier molecular flexibility index (Phi) is 11.9. The first kappa shape index (κ1) is 47.9. The molecule has 0 aliphatic carbocycles. The van der Waals surface area contributed by atoms with Crippen LogP contribution in [0.25, 0.3) is 111 Å². The summed E-state index contributed by atoms with van der Waals surface area (Å²) in [5.41, 5.74) is 18.8. The van der Waals surface area contributed by atoms with E-state index >= 15 is 0 Å². The molecule has 81 heavy (non-hydrogen) atoms. The fourth-order valence-corrected chi connectivity index (χ4v) is 17.8. The topological polar surface area (TPSA) is 9.86 Å². The van der Waals surface area contributed by atoms with Crippen molar-refractivity contribution in [3.8, 4) is 67.0 Å². The molecule has 380 valence electrons. The number of aromatic nitrogens is 2. The largest absolute Gasteiger partial charge is 0.309 e. The van der Waals surface area contributed by atoms with Gasteiger partial charge in [-0.1, -0.05) is 261 Å². The van der Waals surface area contributed by atoms with Crippen molar-refractivity contribution in [2.45, 2.75) is 0 Å². The maximum atomic E-state index is 2.48. The number of hydrogen-bond donors (Lipinski definition) is 0. The zero-order valence-corrected chi connectivity index (χ0v) is 45.6. The van der Waals surface area contributed by atoms with Crippen LogP contribution in [0.3, 0.4) is 0 Å². The summed E-state index contributed by atoms with van der Waals surface area (Å²) < 4.78 is 4.92. The molecule has 0 spiro atoms. The van der Waals surface area contributed by atoms with Gasteiger partial charge in [0.05, 0.1) is 22.1 Å². The standard InChI is InChI=1S/C78H54N2Si/c1-7-25-55(26-8-1)61-52-70(56-27-9-2-10-28-56)78(71(53-61)57-29-11-3-12-30-57)60-32-23-33-62(49-60)79-75-44-22-20-42-69(75)73-54-63(46-48-77(73)79)80-74-43-21-19-41-68(74)72-51-59(45-47-76(72)80)58-31-24-40-67(50-58)81(64-34-13-4-14-35-64,65-36-15-5-16-37-65)66-38-17-6-18-39-66/h1-54H. The van der Waals surface area contributed by atoms with Gasteiger partial charge in [0.2, 0.25) is 0 Å². The van der Waals surface area contributed by atoms with E-state index in [-0.39, 0.29) is 0 Å². The minimum absolute atomic E-state index is 1.11. The normalized spacial score (nSPS) is 11.7. The molecule has 0 fully saturated rings. The molecular weight excluding hydrogens is 993 g/mol. The van der Waals surface area contributed by atoms with E-state index in [0.29, 0.717) is 0 Å². The van der Waals surface area contributed by atoms with E-state index in [1.807, 2.05) is 0 Å². The molecule has 0 saturated carbocycles. The summed E-state index contributed by atoms with van der Waals surface area (Å²) >= 11 is 0. The van der Waals surface area contributed by atoms with Crippen LogP contribution < -0.4 is 20.7 Å². The van der Waals surface area contributed by atoms with Crippen LogP contribution in [0.2, 0.25) is 0 Å². The van der Waals surface area contributed by atoms with Crippen LogP contribution >= 0.6 is 0 Å². The Hall–Kier alpha value is -10.3. The predicted octanol–water partition coefficient (Wildman–Crippen LogP) is 17.6. The average molecular weight is 1050 g/mol. The molecule has 15 aromatic rings. The summed E-state index contributed by atoms with van der Waals surface area (Å²) in [5.74, 6) is 0. The number of para-hydroxylation sites is 2. The van der Waals surface area contributed by atoms with Crippen molar-refractivity contribution >= 4 is 72.4 Å². The molecule has 0 aliphatic heterocycles. The first-order valence-electron chi connectivity index (χ1n) is 28.0. The van der Waals surface area contributed by atoms with Crippen LogP contribution in [0.15, 0.2) is 328 Å². The quantitative estimate of drug-likeness (QED) is 0.0902. The van der Waals surface area contributed by atoms with Gasteiger partial charge in [0, 0.05) is 32.9 Å². The van der Waals surface area contributed by atoms with Crippen LogP contribution in [0, 0.1) is 0 Å². The van der Waals surface area contributed by atoms with Gasteiger partial charge in [0.25, 0.3) is 0 Å². The third kappa shape index (κ3) is 8.17. The van der Waals surface area contributed by atoms with Crippen LogP contribution in [-0.2, 0) is 0 Å². The molecular formula is C78H54N2Si. The maximum Gasteiger partial charge on any atom is 0.179 e. The Bertz CT molecular complexity index is 4620. The Morgan fingerprint density at radius 2 is 0.580 bits per heavy atom. The summed E-state index contributed by atoms with van der Waals surface area (Å²) in [4.78, 5) is 0. The van der Waals surface area contributed by atoms with E-state index in [0.717, 1.165) is 22.5 Å². The van der Waals surface area contributed by atoms with Crippen molar-refractivity contribution in [3.63, 3.8) is 0 Å². The van der Waals surface area contributed by atoms with Crippen LogP contribution in [-0.4, -0.2) is 17.2 Å². The second-order valence-electron chi connectivity index (χ2n) is 21.2. The lowest BCUT2D eigenvalue weighted by Crippen LogP contribution is -2.74. The molecule has 2 aromatic heterocycles. The summed E-state index contributed by atoms with van der Waals surface area (Å²) in [5, 5.41) is 10.3. The zero-order valence-electron chi connectivity index (χ0n) is 44.6. The number of hydrogen-bond acceptors (Lipinski definition) is 0. The second-order valence-corrected chi connectivity index (χ2v) is 25.0. The fourth-order valence-electron chi connectivity index (χ4n) is 13.0. The van der Waals surface area contributed by atoms with Gasteiger partial charge in [-0.3, -0.25) is 0 Å². The Morgan fingerprint density at radius 1 is 0.198 bits per heavy atom. The molecule has 0 bridgehead atoms. The molecule has 0 aliphatic rings. The monoisotopic (exact) mass is 1050 g/mol. The molecule has 3 heteroatoms. The Morgan fingerprint density at radius 3 is 1.12 bits per heavy atom. The minimum Gasteiger partial charge on any atom is -0.309 e. The number of nitrogens with zero attached hydrogens (tertiary/aromatic N) is 2. The highest BCUT2D eigenvalue weighted by molar-refractivity contribution is 7.19. The number of benzene rings is 13. The van der Waals surface area contributed by atoms with E-state index in [2.05, 4.69) is 337 Å². The smallest absolute Gasteiger partial charge is 0.179 e. The first-order valence-corrected chi connectivity index (χ1v) is 30.0. The summed E-state index contributed by atoms with van der Waals surface area (Å²) in [6, 6.07) is 121. The lowest BCUT2D eigenvalue weighted by Gasteiger charge is -2.34. The van der Waals surface area contributed by atoms with E-state index < -0.39 is 8.07 Å². The Balaban J connectivity index is 0.870. The van der Waals surface area contributed by atoms with E-state index in [4.69, 9.17) is 0 Å². The molecule has 0 saturated heterocycles. The number of rotatable bonds is 11. The van der Waals surface area contributed by atoms with Gasteiger partial charge >= 0.3 is 0 Å². The molecule has 0 amide bonds. The zero-order chi connectivity index (χ0) is 53.7. The van der Waals surface area contributed by atoms with E-state index in [1.54, 1.807) is 0 Å². The molecule has 13 aromatic carbocycles. The molecule has 2 heterocycles. The van der Waals surface area contributed by atoms with Crippen molar-refractivity contribution in [3.05, 3.63) is 328 Å². The summed E-state index contributed by atoms with van der Waals surface area (Å²) in [7, 11) is -2.73. The van der Waals surface area contributed by atoms with Gasteiger partial charge in [-0.2, -0.15) is 0 Å². The SMILES string of the molecule is c1ccc(-c2cc(-c3ccccc3)c(-c3cccc(-n4c5ccccc5c5cc(-n6c7ccccc7c7cc(-c8cccc([Si](c9ccccc9)(c9ccccc9)c9ccccc9)c8)ccc76)ccc54)c3)c(-c3ccccc3)c2)cc1. The third-order valence-corrected chi connectivity index (χ3v) is 21.4. The summed E-state index contributed by atoms with van der Waals surface area (Å²) in [6.45, 7) is 0. The fraction of sp³-hybridized carbons (Fsp3) is 0. The molecule has 0 unspecified atom stereocenters. The van der Waals surface area contributed by atoms with Crippen molar-refractivity contribution in [1.29, 1.82) is 0 Å². The summed E-state index contributed by atoms with van der Waals surface area (Å²) in [6.07, 6.45) is 0. The van der Waals surface area contributed by atoms with Gasteiger partial charge in [-0.25, -0.2) is 0 Å². The molecule has 0 N–H and O–H groups in total. The lowest BCUT2D eigenvalue weighted by atomic mass is 9.84. The predicted molar refractivity (Wildman–Crippen MR) is 346 cm³/mol. The van der Waals surface area contributed by atoms with Crippen LogP contribution in [0.1, 0.15) is 0 Å². The van der Waals surface area contributed by atoms with Crippen LogP contribution in [0.5, 0.6) is 0 Å². The van der Waals surface area contributed by atoms with Gasteiger partial charge in [0.1, 0.15) is 0 Å². The Labute approximate surface area is 473 Å². The maximum absolute atomic E-state index is 2.73. The third-order valence-electron chi connectivity index (χ3n) is 16.6. The average Bonchev–Trinajstić information content (AvgIpc) is 4.14. The van der Waals surface area contributed by atoms with Gasteiger partial charge in [0.15, 0.2) is 8.07 Å². The highest BCUT2D eigenvalue weighted by atomic mass is 28.3. The van der Waals surface area contributed by atoms with Crippen molar-refractivity contribution in [2.24, 2.45) is 0 Å². The molecule has 0 atom stereocenters. The van der Waals surface area contributed by atoms with Crippen molar-refractivity contribution in [1.82, 2.24) is 9.13 Å². The highest BCUT2D eigenvalue weighted by Crippen LogP contribution is 2.45. The van der Waals surface area contributed by atoms with Crippen molar-refractivity contribution in [2.75, 3.05) is 0 Å². The lowest BCUT2D eigenvalue weighted by molar-refractivity contribution is 1.17. The molecule has 0 radical (unpaired) electrons. The van der Waals surface area contributed by atoms with Gasteiger partial charge < -0.3 is 9.13 Å². The number of fused-ring (bicyclic) bond motifs is 6. The van der Waals surface area contributed by atoms with Crippen molar-refractivity contribution < 1.29 is 0 Å². The van der Waals surface area contributed by atoms with Gasteiger partial charge in [-0.05, 0) is 143 Å². The first-order chi connectivity index (χ1) is 40.2.